The van der Waals surface area contributed by atoms with Crippen LogP contribution in [0.2, 0.25) is 0 Å². The van der Waals surface area contributed by atoms with Gasteiger partial charge in [-0.15, -0.1) is 0 Å². The average molecular weight is 196 g/mol. The van der Waals surface area contributed by atoms with Crippen LogP contribution in [-0.4, -0.2) is 12.1 Å². The van der Waals surface area contributed by atoms with Crippen LogP contribution in [0.15, 0.2) is 24.3 Å². The van der Waals surface area contributed by atoms with Gasteiger partial charge >= 0.3 is 5.97 Å². The molecule has 0 heterocycles. The topological polar surface area (TPSA) is 26.3 Å². The molecule has 0 aliphatic rings. The van der Waals surface area contributed by atoms with E-state index in [1.807, 2.05) is 39.8 Å². The van der Waals surface area contributed by atoms with Gasteiger partial charge in [-0.2, -0.15) is 0 Å². The van der Waals surface area contributed by atoms with Crippen LogP contribution in [0.5, 0.6) is 0 Å². The van der Waals surface area contributed by atoms with E-state index in [-0.39, 0.29) is 17.5 Å². The molecule has 0 fully saturated rings. The number of hydrogen-bond acceptors (Lipinski definition) is 2. The van der Waals surface area contributed by atoms with E-state index >= 15 is 0 Å². The number of carbonyl (C=O) groups excluding carboxylic acids is 1. The number of allylic oxidation sites excluding steroid dienone is 2. The summed E-state index contributed by atoms with van der Waals surface area (Å²) in [5, 5.41) is 0. The lowest BCUT2D eigenvalue weighted by Crippen LogP contribution is -2.29. The highest BCUT2D eigenvalue weighted by Crippen LogP contribution is 2.23. The van der Waals surface area contributed by atoms with Gasteiger partial charge < -0.3 is 4.74 Å². The Morgan fingerprint density at radius 1 is 1.21 bits per heavy atom. The molecule has 0 radical (unpaired) electrons. The molecule has 0 aliphatic heterocycles. The Labute approximate surface area is 86.6 Å². The van der Waals surface area contributed by atoms with Crippen molar-refractivity contribution in [1.29, 1.82) is 0 Å². The van der Waals surface area contributed by atoms with Gasteiger partial charge in [-0.1, -0.05) is 32.9 Å². The minimum Gasteiger partial charge on any atom is -0.454 e. The molecule has 0 aromatic rings. The Balaban J connectivity index is 4.46. The van der Waals surface area contributed by atoms with Crippen LogP contribution in [0, 0.1) is 5.41 Å². The summed E-state index contributed by atoms with van der Waals surface area (Å²) in [6, 6.07) is 0. The van der Waals surface area contributed by atoms with Crippen LogP contribution in [0.3, 0.4) is 0 Å². The molecule has 0 N–H and O–H groups in total. The number of carbonyl (C=O) groups is 1. The summed E-state index contributed by atoms with van der Waals surface area (Å²) in [5.74, 6) is -0.287. The Kier molecular flexibility index (Phi) is 5.21. The fourth-order valence-corrected chi connectivity index (χ4v) is 0.980. The monoisotopic (exact) mass is 196 g/mol. The molecule has 0 aromatic heterocycles. The molecule has 0 aromatic carbocycles. The molecule has 1 atom stereocenters. The predicted molar refractivity (Wildman–Crippen MR) is 59.0 cm³/mol. The first-order chi connectivity index (χ1) is 6.41. The number of ether oxygens (including phenoxy) is 1. The van der Waals surface area contributed by atoms with Crippen LogP contribution in [0.4, 0.5) is 0 Å². The van der Waals surface area contributed by atoms with Crippen LogP contribution < -0.4 is 0 Å². The van der Waals surface area contributed by atoms with Crippen LogP contribution in [0.25, 0.3) is 0 Å². The second-order valence-corrected chi connectivity index (χ2v) is 4.25. The van der Waals surface area contributed by atoms with Crippen LogP contribution >= 0.6 is 0 Å². The van der Waals surface area contributed by atoms with Crippen molar-refractivity contribution in [3.8, 4) is 0 Å². The zero-order chi connectivity index (χ0) is 11.2. The summed E-state index contributed by atoms with van der Waals surface area (Å²) in [5.41, 5.74) is -0.0657. The van der Waals surface area contributed by atoms with E-state index in [0.29, 0.717) is 0 Å². The number of rotatable bonds is 3. The van der Waals surface area contributed by atoms with Gasteiger partial charge in [0.15, 0.2) is 0 Å². The fraction of sp³-hybridized carbons (Fsp3) is 0.583. The van der Waals surface area contributed by atoms with Gasteiger partial charge in [-0.25, -0.2) is 4.79 Å². The largest absolute Gasteiger partial charge is 0.454 e. The predicted octanol–water partition coefficient (Wildman–Crippen LogP) is 3.10. The van der Waals surface area contributed by atoms with E-state index in [9.17, 15) is 4.79 Å². The first kappa shape index (κ1) is 12.9. The summed E-state index contributed by atoms with van der Waals surface area (Å²) in [4.78, 5) is 11.2. The molecule has 14 heavy (non-hydrogen) atoms. The van der Waals surface area contributed by atoms with Gasteiger partial charge in [0, 0.05) is 11.5 Å². The Morgan fingerprint density at radius 3 is 2.14 bits per heavy atom. The third kappa shape index (κ3) is 4.85. The fourth-order valence-electron chi connectivity index (χ4n) is 0.980. The highest BCUT2D eigenvalue weighted by molar-refractivity contribution is 5.82. The summed E-state index contributed by atoms with van der Waals surface area (Å²) in [6.45, 7) is 9.84. The van der Waals surface area contributed by atoms with Crippen LogP contribution in [0.1, 0.15) is 34.6 Å². The van der Waals surface area contributed by atoms with Crippen molar-refractivity contribution in [2.75, 3.05) is 0 Å². The molecule has 80 valence electrons. The van der Waals surface area contributed by atoms with Crippen molar-refractivity contribution in [3.05, 3.63) is 24.3 Å². The highest BCUT2D eigenvalue weighted by atomic mass is 16.5. The van der Waals surface area contributed by atoms with E-state index in [2.05, 4.69) is 0 Å². The SMILES string of the molecule is C/C=C/C(=O)OC(/C=C/C)C(C)(C)C. The maximum Gasteiger partial charge on any atom is 0.331 e. The molecular weight excluding hydrogens is 176 g/mol. The summed E-state index contributed by atoms with van der Waals surface area (Å²) in [6.07, 6.45) is 6.75. The van der Waals surface area contributed by atoms with Crippen molar-refractivity contribution in [2.45, 2.75) is 40.7 Å². The Morgan fingerprint density at radius 2 is 1.79 bits per heavy atom. The molecule has 1 unspecified atom stereocenters. The van der Waals surface area contributed by atoms with E-state index < -0.39 is 0 Å². The van der Waals surface area contributed by atoms with Crippen molar-refractivity contribution in [1.82, 2.24) is 0 Å². The lowest BCUT2D eigenvalue weighted by atomic mass is 9.89. The van der Waals surface area contributed by atoms with Gasteiger partial charge in [0.1, 0.15) is 6.10 Å². The third-order valence-corrected chi connectivity index (χ3v) is 1.77. The zero-order valence-electron chi connectivity index (χ0n) is 9.70. The molecule has 0 spiro atoms. The lowest BCUT2D eigenvalue weighted by molar-refractivity contribution is -0.145. The molecule has 0 bridgehead atoms. The molecular formula is C12H20O2. The minimum absolute atomic E-state index is 0.0657. The maximum atomic E-state index is 11.2. The van der Waals surface area contributed by atoms with Crippen molar-refractivity contribution in [2.24, 2.45) is 5.41 Å². The Bertz CT molecular complexity index is 231. The molecule has 2 nitrogen and oxygen atoms in total. The summed E-state index contributed by atoms with van der Waals surface area (Å²) >= 11 is 0. The van der Waals surface area contributed by atoms with E-state index in [1.54, 1.807) is 13.0 Å². The molecule has 0 rings (SSSR count). The quantitative estimate of drug-likeness (QED) is 0.394. The average Bonchev–Trinajstić information content (AvgIpc) is 2.02. The Hall–Kier alpha value is -1.05. The first-order valence-electron chi connectivity index (χ1n) is 4.88. The van der Waals surface area contributed by atoms with Crippen molar-refractivity contribution < 1.29 is 9.53 Å². The minimum atomic E-state index is -0.287. The van der Waals surface area contributed by atoms with Gasteiger partial charge in [-0.3, -0.25) is 0 Å². The maximum absolute atomic E-state index is 11.2. The van der Waals surface area contributed by atoms with Crippen molar-refractivity contribution in [3.63, 3.8) is 0 Å². The second-order valence-electron chi connectivity index (χ2n) is 4.25. The van der Waals surface area contributed by atoms with Gasteiger partial charge in [0.05, 0.1) is 0 Å². The van der Waals surface area contributed by atoms with Gasteiger partial charge in [0.25, 0.3) is 0 Å². The highest BCUT2D eigenvalue weighted by Gasteiger charge is 2.24. The molecule has 2 heteroatoms. The zero-order valence-corrected chi connectivity index (χ0v) is 9.70. The summed E-state index contributed by atoms with van der Waals surface area (Å²) < 4.78 is 5.28. The van der Waals surface area contributed by atoms with Crippen molar-refractivity contribution >= 4 is 5.97 Å². The smallest absolute Gasteiger partial charge is 0.331 e. The second kappa shape index (κ2) is 5.63. The summed E-state index contributed by atoms with van der Waals surface area (Å²) in [7, 11) is 0. The standard InChI is InChI=1S/C12H20O2/c1-6-8-10(12(3,4)5)14-11(13)9-7-2/h6-10H,1-5H3/b8-6+,9-7+. The number of esters is 1. The molecule has 0 amide bonds. The van der Waals surface area contributed by atoms with E-state index in [4.69, 9.17) is 4.74 Å². The van der Waals surface area contributed by atoms with Gasteiger partial charge in [0.2, 0.25) is 0 Å². The molecule has 0 saturated heterocycles. The van der Waals surface area contributed by atoms with E-state index in [0.717, 1.165) is 0 Å². The lowest BCUT2D eigenvalue weighted by Gasteiger charge is -2.27. The molecule has 0 saturated carbocycles. The van der Waals surface area contributed by atoms with E-state index in [1.165, 1.54) is 6.08 Å². The number of hydrogen-bond donors (Lipinski definition) is 0. The third-order valence-electron chi connectivity index (χ3n) is 1.77. The first-order valence-corrected chi connectivity index (χ1v) is 4.88. The van der Waals surface area contributed by atoms with Gasteiger partial charge in [-0.05, 0) is 19.9 Å². The normalized spacial score (nSPS) is 14.9. The van der Waals surface area contributed by atoms with Crippen LogP contribution in [-0.2, 0) is 9.53 Å². The molecule has 0 aliphatic carbocycles.